The summed E-state index contributed by atoms with van der Waals surface area (Å²) in [5.41, 5.74) is 11.8. The van der Waals surface area contributed by atoms with Crippen molar-refractivity contribution >= 4 is 16.9 Å². The number of anilines is 1. The highest BCUT2D eigenvalue weighted by Gasteiger charge is 2.26. The Labute approximate surface area is 146 Å². The van der Waals surface area contributed by atoms with Gasteiger partial charge in [-0.1, -0.05) is 6.07 Å². The van der Waals surface area contributed by atoms with Crippen molar-refractivity contribution in [2.45, 2.75) is 32.6 Å². The van der Waals surface area contributed by atoms with E-state index in [1.807, 2.05) is 36.7 Å². The smallest absolute Gasteiger partial charge is 0.147 e. The first-order chi connectivity index (χ1) is 12.1. The van der Waals surface area contributed by atoms with Crippen LogP contribution in [0, 0.1) is 25.2 Å². The standard InChI is InChI=1S/C20H20N4O/c1-11-4-7-17(25-3)12(2)18(11)24-19(22)16(9-21)15-8-14(13-5-6-13)10-23-20(15)24/h4,7-8,10,13H,5-6,22H2,1-3H3. The Balaban J connectivity index is 2.06. The van der Waals surface area contributed by atoms with Crippen LogP contribution in [0.5, 0.6) is 5.75 Å². The van der Waals surface area contributed by atoms with Gasteiger partial charge in [0.05, 0.1) is 12.8 Å². The molecule has 25 heavy (non-hydrogen) atoms. The van der Waals surface area contributed by atoms with Crippen LogP contribution in [0.4, 0.5) is 5.82 Å². The molecule has 5 nitrogen and oxygen atoms in total. The Morgan fingerprint density at radius 1 is 1.32 bits per heavy atom. The zero-order valence-corrected chi connectivity index (χ0v) is 14.6. The average Bonchev–Trinajstić information content (AvgIpc) is 3.41. The summed E-state index contributed by atoms with van der Waals surface area (Å²) in [4.78, 5) is 4.68. The van der Waals surface area contributed by atoms with Crippen molar-refractivity contribution in [1.29, 1.82) is 5.26 Å². The van der Waals surface area contributed by atoms with Crippen LogP contribution in [0.25, 0.3) is 16.7 Å². The van der Waals surface area contributed by atoms with Crippen LogP contribution in [0.2, 0.25) is 0 Å². The minimum atomic E-state index is 0.428. The Bertz CT molecular complexity index is 1040. The fraction of sp³-hybridized carbons (Fsp3) is 0.300. The molecule has 2 aromatic heterocycles. The van der Waals surface area contributed by atoms with Gasteiger partial charge in [-0.2, -0.15) is 5.26 Å². The van der Waals surface area contributed by atoms with Crippen molar-refractivity contribution in [1.82, 2.24) is 9.55 Å². The van der Waals surface area contributed by atoms with E-state index >= 15 is 0 Å². The lowest BCUT2D eigenvalue weighted by Gasteiger charge is -2.16. The summed E-state index contributed by atoms with van der Waals surface area (Å²) in [5.74, 6) is 1.79. The Morgan fingerprint density at radius 2 is 2.08 bits per heavy atom. The van der Waals surface area contributed by atoms with Crippen molar-refractivity contribution in [2.75, 3.05) is 12.8 Å². The van der Waals surface area contributed by atoms with Crippen molar-refractivity contribution < 1.29 is 4.74 Å². The third kappa shape index (κ3) is 2.25. The van der Waals surface area contributed by atoms with Crippen LogP contribution in [0.1, 0.15) is 41.0 Å². The van der Waals surface area contributed by atoms with Gasteiger partial charge < -0.3 is 10.5 Å². The largest absolute Gasteiger partial charge is 0.496 e. The maximum absolute atomic E-state index is 9.67. The first-order valence-corrected chi connectivity index (χ1v) is 8.41. The van der Waals surface area contributed by atoms with E-state index in [1.165, 1.54) is 18.4 Å². The number of benzene rings is 1. The topological polar surface area (TPSA) is 76.9 Å². The maximum Gasteiger partial charge on any atom is 0.147 e. The molecule has 5 heteroatoms. The van der Waals surface area contributed by atoms with Gasteiger partial charge in [-0.05, 0) is 55.9 Å². The molecule has 0 unspecified atom stereocenters. The second-order valence-electron chi connectivity index (χ2n) is 6.68. The van der Waals surface area contributed by atoms with Crippen LogP contribution in [0.15, 0.2) is 24.4 Å². The number of nitrogen functional groups attached to an aromatic ring is 1. The number of fused-ring (bicyclic) bond motifs is 1. The molecule has 2 heterocycles. The molecule has 1 aliphatic carbocycles. The maximum atomic E-state index is 9.67. The Hall–Kier alpha value is -3.00. The van der Waals surface area contributed by atoms with Gasteiger partial charge in [-0.3, -0.25) is 4.57 Å². The molecule has 1 aliphatic rings. The average molecular weight is 332 g/mol. The van der Waals surface area contributed by atoms with Gasteiger partial charge in [0, 0.05) is 17.1 Å². The highest BCUT2D eigenvalue weighted by atomic mass is 16.5. The number of methoxy groups -OCH3 is 1. The van der Waals surface area contributed by atoms with Gasteiger partial charge in [0.15, 0.2) is 0 Å². The van der Waals surface area contributed by atoms with E-state index < -0.39 is 0 Å². The molecule has 0 spiro atoms. The first kappa shape index (κ1) is 15.5. The summed E-state index contributed by atoms with van der Waals surface area (Å²) >= 11 is 0. The van der Waals surface area contributed by atoms with Crippen molar-refractivity contribution in [2.24, 2.45) is 0 Å². The molecule has 0 bridgehead atoms. The van der Waals surface area contributed by atoms with E-state index in [0.29, 0.717) is 17.3 Å². The molecule has 3 aromatic rings. The van der Waals surface area contributed by atoms with Gasteiger partial charge in [0.2, 0.25) is 0 Å². The van der Waals surface area contributed by atoms with Crippen molar-refractivity contribution in [3.8, 4) is 17.5 Å². The number of aromatic nitrogens is 2. The van der Waals surface area contributed by atoms with Crippen LogP contribution >= 0.6 is 0 Å². The molecule has 0 radical (unpaired) electrons. The van der Waals surface area contributed by atoms with Crippen LogP contribution in [-0.4, -0.2) is 16.7 Å². The van der Waals surface area contributed by atoms with E-state index in [0.717, 1.165) is 33.6 Å². The molecule has 0 amide bonds. The highest BCUT2D eigenvalue weighted by molar-refractivity contribution is 5.92. The normalized spacial score (nSPS) is 13.8. The number of rotatable bonds is 3. The fourth-order valence-corrected chi connectivity index (χ4v) is 3.57. The van der Waals surface area contributed by atoms with E-state index in [4.69, 9.17) is 10.5 Å². The van der Waals surface area contributed by atoms with Crippen molar-refractivity contribution in [3.63, 3.8) is 0 Å². The zero-order chi connectivity index (χ0) is 17.7. The fourth-order valence-electron chi connectivity index (χ4n) is 3.57. The lowest BCUT2D eigenvalue weighted by Crippen LogP contribution is -2.06. The summed E-state index contributed by atoms with van der Waals surface area (Å²) in [6.07, 6.45) is 4.31. The lowest BCUT2D eigenvalue weighted by atomic mass is 10.1. The predicted molar refractivity (Wildman–Crippen MR) is 98.2 cm³/mol. The van der Waals surface area contributed by atoms with E-state index in [1.54, 1.807) is 7.11 Å². The SMILES string of the molecule is COc1ccc(C)c(-n2c(N)c(C#N)c3cc(C4CC4)cnc32)c1C. The number of hydrogen-bond acceptors (Lipinski definition) is 4. The van der Waals surface area contributed by atoms with Gasteiger partial charge in [-0.15, -0.1) is 0 Å². The number of nitriles is 1. The zero-order valence-electron chi connectivity index (χ0n) is 14.6. The highest BCUT2D eigenvalue weighted by Crippen LogP contribution is 2.42. The number of nitrogens with two attached hydrogens (primary N) is 1. The molecule has 1 aromatic carbocycles. The summed E-state index contributed by atoms with van der Waals surface area (Å²) in [7, 11) is 1.65. The minimum Gasteiger partial charge on any atom is -0.496 e. The van der Waals surface area contributed by atoms with E-state index in [2.05, 4.69) is 17.1 Å². The van der Waals surface area contributed by atoms with Gasteiger partial charge in [0.1, 0.15) is 28.8 Å². The predicted octanol–water partition coefficient (Wildman–Crippen LogP) is 3.98. The molecule has 0 aliphatic heterocycles. The lowest BCUT2D eigenvalue weighted by molar-refractivity contribution is 0.411. The van der Waals surface area contributed by atoms with Crippen molar-refractivity contribution in [3.05, 3.63) is 46.6 Å². The quantitative estimate of drug-likeness (QED) is 0.787. The molecule has 126 valence electrons. The van der Waals surface area contributed by atoms with Gasteiger partial charge >= 0.3 is 0 Å². The summed E-state index contributed by atoms with van der Waals surface area (Å²) in [5, 5.41) is 10.5. The second-order valence-corrected chi connectivity index (χ2v) is 6.68. The third-order valence-electron chi connectivity index (χ3n) is 5.05. The molecule has 0 saturated heterocycles. The summed E-state index contributed by atoms with van der Waals surface area (Å²) in [6.45, 7) is 4.02. The van der Waals surface area contributed by atoms with Crippen LogP contribution < -0.4 is 10.5 Å². The molecular weight excluding hydrogens is 312 g/mol. The molecule has 4 rings (SSSR count). The Morgan fingerprint density at radius 3 is 2.72 bits per heavy atom. The number of aryl methyl sites for hydroxylation is 1. The molecule has 1 saturated carbocycles. The first-order valence-electron chi connectivity index (χ1n) is 8.41. The molecular formula is C20H20N4O. The number of hydrogen-bond donors (Lipinski definition) is 1. The van der Waals surface area contributed by atoms with Gasteiger partial charge in [-0.25, -0.2) is 4.98 Å². The summed E-state index contributed by atoms with van der Waals surface area (Å²) < 4.78 is 7.35. The van der Waals surface area contributed by atoms with E-state index in [-0.39, 0.29) is 0 Å². The minimum absolute atomic E-state index is 0.428. The number of ether oxygens (including phenoxy) is 1. The van der Waals surface area contributed by atoms with Crippen LogP contribution in [0.3, 0.4) is 0 Å². The molecule has 0 atom stereocenters. The molecule has 2 N–H and O–H groups in total. The Kier molecular flexibility index (Phi) is 3.43. The monoisotopic (exact) mass is 332 g/mol. The van der Waals surface area contributed by atoms with E-state index in [9.17, 15) is 5.26 Å². The van der Waals surface area contributed by atoms with Gasteiger partial charge in [0.25, 0.3) is 0 Å². The molecule has 1 fully saturated rings. The summed E-state index contributed by atoms with van der Waals surface area (Å²) in [6, 6.07) is 8.29. The van der Waals surface area contributed by atoms with Crippen LogP contribution in [-0.2, 0) is 0 Å². The third-order valence-corrected chi connectivity index (χ3v) is 5.05. The number of nitrogens with zero attached hydrogens (tertiary/aromatic N) is 3. The second kappa shape index (κ2) is 5.52. The number of pyridine rings is 1.